The van der Waals surface area contributed by atoms with E-state index in [0.717, 1.165) is 16.7 Å². The van der Waals surface area contributed by atoms with Crippen LogP contribution < -0.4 is 16.4 Å². The summed E-state index contributed by atoms with van der Waals surface area (Å²) >= 11 is 0. The van der Waals surface area contributed by atoms with Gasteiger partial charge in [0.05, 0.1) is 6.04 Å². The molecule has 0 aromatic heterocycles. The van der Waals surface area contributed by atoms with E-state index in [2.05, 4.69) is 22.8 Å². The second-order valence-corrected chi connectivity index (χ2v) is 7.00. The summed E-state index contributed by atoms with van der Waals surface area (Å²) in [5.41, 5.74) is 9.33. The average molecular weight is 367 g/mol. The van der Waals surface area contributed by atoms with Crippen molar-refractivity contribution in [3.8, 4) is 11.1 Å². The predicted molar refractivity (Wildman–Crippen MR) is 109 cm³/mol. The van der Waals surface area contributed by atoms with Gasteiger partial charge in [-0.05, 0) is 36.0 Å². The first-order valence-electron chi connectivity index (χ1n) is 9.40. The average Bonchev–Trinajstić information content (AvgIpc) is 2.67. The van der Waals surface area contributed by atoms with Crippen molar-refractivity contribution in [2.24, 2.45) is 11.7 Å². The topological polar surface area (TPSA) is 84.2 Å². The summed E-state index contributed by atoms with van der Waals surface area (Å²) in [5, 5.41) is 5.53. The molecule has 2 aromatic rings. The molecule has 0 saturated heterocycles. The van der Waals surface area contributed by atoms with Gasteiger partial charge in [-0.3, -0.25) is 9.59 Å². The van der Waals surface area contributed by atoms with Crippen molar-refractivity contribution in [1.29, 1.82) is 0 Å². The van der Waals surface area contributed by atoms with Crippen LogP contribution in [0.15, 0.2) is 54.6 Å². The standard InChI is InChI=1S/C22H29N3O2/c1-4-24-22(27)20(15(2)3)25-21(26)19(23)14-16-10-12-18(13-11-16)17-8-6-5-7-9-17/h5-13,15,19-20H,4,14,23H2,1-3H3,(H,24,27)(H,25,26)/t19-,20+/m0/s1. The highest BCUT2D eigenvalue weighted by molar-refractivity contribution is 5.90. The Morgan fingerprint density at radius 3 is 2.07 bits per heavy atom. The maximum absolute atomic E-state index is 12.4. The fourth-order valence-corrected chi connectivity index (χ4v) is 2.89. The van der Waals surface area contributed by atoms with Crippen molar-refractivity contribution in [2.75, 3.05) is 6.54 Å². The van der Waals surface area contributed by atoms with Crippen LogP contribution in [-0.2, 0) is 16.0 Å². The number of hydrogen-bond donors (Lipinski definition) is 3. The molecule has 0 saturated carbocycles. The Morgan fingerprint density at radius 1 is 0.926 bits per heavy atom. The van der Waals surface area contributed by atoms with Gasteiger partial charge in [0.1, 0.15) is 6.04 Å². The summed E-state index contributed by atoms with van der Waals surface area (Å²) in [6, 6.07) is 16.9. The molecule has 2 aromatic carbocycles. The van der Waals surface area contributed by atoms with Crippen molar-refractivity contribution in [3.63, 3.8) is 0 Å². The van der Waals surface area contributed by atoms with E-state index in [1.54, 1.807) is 0 Å². The molecule has 5 nitrogen and oxygen atoms in total. The first-order chi connectivity index (χ1) is 12.9. The van der Waals surface area contributed by atoms with Crippen LogP contribution in [0, 0.1) is 5.92 Å². The molecule has 0 aliphatic heterocycles. The van der Waals surface area contributed by atoms with E-state index in [4.69, 9.17) is 5.73 Å². The zero-order valence-corrected chi connectivity index (χ0v) is 16.2. The number of amides is 2. The van der Waals surface area contributed by atoms with Gasteiger partial charge in [0.25, 0.3) is 0 Å². The van der Waals surface area contributed by atoms with E-state index in [0.29, 0.717) is 13.0 Å². The molecule has 0 heterocycles. The van der Waals surface area contributed by atoms with Crippen LogP contribution in [0.25, 0.3) is 11.1 Å². The van der Waals surface area contributed by atoms with Crippen LogP contribution in [0.1, 0.15) is 26.3 Å². The Kier molecular flexibility index (Phi) is 7.55. The SMILES string of the molecule is CCNC(=O)[C@H](NC(=O)[C@@H](N)Cc1ccc(-c2ccccc2)cc1)C(C)C. The Bertz CT molecular complexity index is 742. The third kappa shape index (κ3) is 5.93. The van der Waals surface area contributed by atoms with Crippen molar-refractivity contribution < 1.29 is 9.59 Å². The predicted octanol–water partition coefficient (Wildman–Crippen LogP) is 2.50. The number of rotatable bonds is 8. The zero-order valence-electron chi connectivity index (χ0n) is 16.2. The minimum Gasteiger partial charge on any atom is -0.355 e. The Labute approximate surface area is 161 Å². The lowest BCUT2D eigenvalue weighted by Crippen LogP contribution is -2.54. The Balaban J connectivity index is 1.98. The number of carbonyl (C=O) groups is 2. The summed E-state index contributed by atoms with van der Waals surface area (Å²) in [6.45, 7) is 6.17. The summed E-state index contributed by atoms with van der Waals surface area (Å²) in [6.07, 6.45) is 0.418. The molecule has 0 spiro atoms. The quantitative estimate of drug-likeness (QED) is 0.670. The second kappa shape index (κ2) is 9.88. The second-order valence-electron chi connectivity index (χ2n) is 7.00. The van der Waals surface area contributed by atoms with E-state index in [1.165, 1.54) is 0 Å². The van der Waals surface area contributed by atoms with Gasteiger partial charge in [0.2, 0.25) is 11.8 Å². The van der Waals surface area contributed by atoms with Crippen LogP contribution in [0.4, 0.5) is 0 Å². The molecule has 5 heteroatoms. The minimum absolute atomic E-state index is 0.0159. The number of likely N-dealkylation sites (N-methyl/N-ethyl adjacent to an activating group) is 1. The lowest BCUT2D eigenvalue weighted by Gasteiger charge is -2.23. The van der Waals surface area contributed by atoms with Gasteiger partial charge in [0, 0.05) is 6.54 Å². The molecule has 144 valence electrons. The molecule has 0 radical (unpaired) electrons. The molecule has 2 atom stereocenters. The molecular formula is C22H29N3O2. The minimum atomic E-state index is -0.705. The summed E-state index contributed by atoms with van der Waals surface area (Å²) < 4.78 is 0. The van der Waals surface area contributed by atoms with E-state index in [9.17, 15) is 9.59 Å². The summed E-state index contributed by atoms with van der Waals surface area (Å²) in [4.78, 5) is 24.5. The van der Waals surface area contributed by atoms with E-state index in [-0.39, 0.29) is 17.7 Å². The van der Waals surface area contributed by atoms with Crippen LogP contribution in [0.5, 0.6) is 0 Å². The number of benzene rings is 2. The molecule has 4 N–H and O–H groups in total. The number of nitrogens with two attached hydrogens (primary N) is 1. The van der Waals surface area contributed by atoms with Gasteiger partial charge in [-0.2, -0.15) is 0 Å². The highest BCUT2D eigenvalue weighted by atomic mass is 16.2. The molecule has 0 aliphatic carbocycles. The molecule has 27 heavy (non-hydrogen) atoms. The lowest BCUT2D eigenvalue weighted by atomic mass is 9.99. The summed E-state index contributed by atoms with van der Waals surface area (Å²) in [7, 11) is 0. The van der Waals surface area contributed by atoms with Crippen molar-refractivity contribution in [1.82, 2.24) is 10.6 Å². The van der Waals surface area contributed by atoms with Gasteiger partial charge >= 0.3 is 0 Å². The van der Waals surface area contributed by atoms with Gasteiger partial charge in [-0.1, -0.05) is 68.4 Å². The molecule has 0 unspecified atom stereocenters. The number of carbonyl (C=O) groups excluding carboxylic acids is 2. The monoisotopic (exact) mass is 367 g/mol. The first kappa shape index (κ1) is 20.6. The van der Waals surface area contributed by atoms with Crippen LogP contribution in [0.3, 0.4) is 0 Å². The maximum atomic E-state index is 12.4. The molecule has 2 amide bonds. The largest absolute Gasteiger partial charge is 0.355 e. The van der Waals surface area contributed by atoms with Crippen LogP contribution in [0.2, 0.25) is 0 Å². The van der Waals surface area contributed by atoms with Gasteiger partial charge in [-0.25, -0.2) is 0 Å². The fourth-order valence-electron chi connectivity index (χ4n) is 2.89. The smallest absolute Gasteiger partial charge is 0.242 e. The van der Waals surface area contributed by atoms with Crippen molar-refractivity contribution in [2.45, 2.75) is 39.3 Å². The Hall–Kier alpha value is -2.66. The van der Waals surface area contributed by atoms with E-state index >= 15 is 0 Å². The lowest BCUT2D eigenvalue weighted by molar-refractivity contribution is -0.130. The normalized spacial score (nSPS) is 13.1. The highest BCUT2D eigenvalue weighted by Crippen LogP contribution is 2.19. The van der Waals surface area contributed by atoms with Crippen LogP contribution >= 0.6 is 0 Å². The number of hydrogen-bond acceptors (Lipinski definition) is 3. The van der Waals surface area contributed by atoms with Gasteiger partial charge in [-0.15, -0.1) is 0 Å². The third-order valence-corrected chi connectivity index (χ3v) is 4.45. The van der Waals surface area contributed by atoms with E-state index < -0.39 is 12.1 Å². The molecular weight excluding hydrogens is 338 g/mol. The van der Waals surface area contributed by atoms with E-state index in [1.807, 2.05) is 63.2 Å². The molecule has 0 fully saturated rings. The first-order valence-corrected chi connectivity index (χ1v) is 9.40. The van der Waals surface area contributed by atoms with Gasteiger partial charge in [0.15, 0.2) is 0 Å². The van der Waals surface area contributed by atoms with Crippen LogP contribution in [-0.4, -0.2) is 30.4 Å². The molecule has 0 bridgehead atoms. The number of nitrogens with one attached hydrogen (secondary N) is 2. The Morgan fingerprint density at radius 2 is 1.52 bits per heavy atom. The zero-order chi connectivity index (χ0) is 19.8. The van der Waals surface area contributed by atoms with Crippen molar-refractivity contribution in [3.05, 3.63) is 60.2 Å². The fraction of sp³-hybridized carbons (Fsp3) is 0.364. The maximum Gasteiger partial charge on any atom is 0.242 e. The molecule has 2 rings (SSSR count). The summed E-state index contributed by atoms with van der Waals surface area (Å²) in [5.74, 6) is -0.509. The highest BCUT2D eigenvalue weighted by Gasteiger charge is 2.26. The molecule has 0 aliphatic rings. The van der Waals surface area contributed by atoms with Crippen molar-refractivity contribution >= 4 is 11.8 Å². The van der Waals surface area contributed by atoms with Gasteiger partial charge < -0.3 is 16.4 Å². The third-order valence-electron chi connectivity index (χ3n) is 4.45.